The quantitative estimate of drug-likeness (QED) is 0.577. The van der Waals surface area contributed by atoms with Crippen molar-refractivity contribution >= 4 is 0 Å². The van der Waals surface area contributed by atoms with Crippen molar-refractivity contribution in [2.45, 2.75) is 71.6 Å². The number of hydrogen-bond acceptors (Lipinski definition) is 0. The minimum Gasteiger partial charge on any atom is -0.0651 e. The van der Waals surface area contributed by atoms with Crippen LogP contribution in [0.5, 0.6) is 0 Å². The normalized spacial score (nSPS) is 24.5. The summed E-state index contributed by atoms with van der Waals surface area (Å²) in [6, 6.07) is 0. The summed E-state index contributed by atoms with van der Waals surface area (Å²) in [7, 11) is 0. The molecular formula is C13H25. The van der Waals surface area contributed by atoms with Crippen LogP contribution in [0.4, 0.5) is 0 Å². The average Bonchev–Trinajstić information content (AvgIpc) is 2.18. The molecule has 1 aliphatic rings. The molecule has 0 aromatic carbocycles. The Morgan fingerprint density at radius 1 is 0.923 bits per heavy atom. The summed E-state index contributed by atoms with van der Waals surface area (Å²) in [4.78, 5) is 0. The smallest absolute Gasteiger partial charge is 0.0295 e. The molecule has 0 atom stereocenters. The highest BCUT2D eigenvalue weighted by Gasteiger charge is 2.22. The van der Waals surface area contributed by atoms with E-state index in [1.165, 1.54) is 57.8 Å². The van der Waals surface area contributed by atoms with Gasteiger partial charge in [-0.1, -0.05) is 58.8 Å². The Hall–Kier alpha value is 0. The molecule has 0 aromatic rings. The predicted molar refractivity (Wildman–Crippen MR) is 59.6 cm³/mol. The minimum atomic E-state index is 0.569. The Morgan fingerprint density at radius 3 is 1.85 bits per heavy atom. The first kappa shape index (κ1) is 11.1. The van der Waals surface area contributed by atoms with Crippen LogP contribution in [0.2, 0.25) is 0 Å². The molecule has 0 amide bonds. The summed E-state index contributed by atoms with van der Waals surface area (Å²) < 4.78 is 0. The predicted octanol–water partition coefficient (Wildman–Crippen LogP) is 4.74. The van der Waals surface area contributed by atoms with Gasteiger partial charge in [-0.3, -0.25) is 0 Å². The second-order valence-electron chi connectivity index (χ2n) is 4.89. The van der Waals surface area contributed by atoms with Crippen molar-refractivity contribution < 1.29 is 0 Å². The van der Waals surface area contributed by atoms with Crippen molar-refractivity contribution in [1.29, 1.82) is 0 Å². The van der Waals surface area contributed by atoms with Gasteiger partial charge in [0.2, 0.25) is 0 Å². The molecule has 1 saturated carbocycles. The highest BCUT2D eigenvalue weighted by Crippen LogP contribution is 2.36. The van der Waals surface area contributed by atoms with Crippen LogP contribution in [-0.4, -0.2) is 0 Å². The zero-order valence-electron chi connectivity index (χ0n) is 9.44. The van der Waals surface area contributed by atoms with Gasteiger partial charge in [0.15, 0.2) is 0 Å². The first-order valence-corrected chi connectivity index (χ1v) is 6.11. The van der Waals surface area contributed by atoms with Crippen LogP contribution in [-0.2, 0) is 0 Å². The van der Waals surface area contributed by atoms with Gasteiger partial charge in [-0.25, -0.2) is 0 Å². The Labute approximate surface area is 84.1 Å². The van der Waals surface area contributed by atoms with Crippen molar-refractivity contribution in [2.75, 3.05) is 0 Å². The van der Waals surface area contributed by atoms with Crippen molar-refractivity contribution in [3.8, 4) is 0 Å². The van der Waals surface area contributed by atoms with E-state index in [0.717, 1.165) is 0 Å². The van der Waals surface area contributed by atoms with Gasteiger partial charge >= 0.3 is 0 Å². The van der Waals surface area contributed by atoms with E-state index in [9.17, 15) is 0 Å². The van der Waals surface area contributed by atoms with Gasteiger partial charge in [0.1, 0.15) is 0 Å². The third-order valence-electron chi connectivity index (χ3n) is 3.44. The second-order valence-corrected chi connectivity index (χ2v) is 4.89. The van der Waals surface area contributed by atoms with Gasteiger partial charge in [-0.15, -0.1) is 0 Å². The van der Waals surface area contributed by atoms with Crippen LogP contribution in [0.25, 0.3) is 0 Å². The Morgan fingerprint density at radius 2 is 1.38 bits per heavy atom. The number of rotatable bonds is 2. The molecule has 0 heteroatoms. The van der Waals surface area contributed by atoms with E-state index in [-0.39, 0.29) is 0 Å². The zero-order chi connectivity index (χ0) is 9.57. The van der Waals surface area contributed by atoms with Crippen LogP contribution >= 0.6 is 0 Å². The van der Waals surface area contributed by atoms with Gasteiger partial charge in [-0.2, -0.15) is 0 Å². The molecule has 0 nitrogen and oxygen atoms in total. The third kappa shape index (κ3) is 4.15. The molecule has 1 fully saturated rings. The Bertz CT molecular complexity index is 116. The van der Waals surface area contributed by atoms with Crippen molar-refractivity contribution in [1.82, 2.24) is 0 Å². The molecule has 13 heavy (non-hydrogen) atoms. The lowest BCUT2D eigenvalue weighted by molar-refractivity contribution is 0.306. The minimum absolute atomic E-state index is 0.569. The monoisotopic (exact) mass is 181 g/mol. The molecule has 0 N–H and O–H groups in total. The van der Waals surface area contributed by atoms with Crippen molar-refractivity contribution in [3.63, 3.8) is 0 Å². The first-order valence-electron chi connectivity index (χ1n) is 6.11. The fourth-order valence-corrected chi connectivity index (χ4v) is 2.59. The molecule has 0 spiro atoms. The largest absolute Gasteiger partial charge is 0.0651 e. The van der Waals surface area contributed by atoms with Crippen molar-refractivity contribution in [3.05, 3.63) is 6.42 Å². The lowest BCUT2D eigenvalue weighted by atomic mass is 9.77. The molecule has 0 unspecified atom stereocenters. The van der Waals surface area contributed by atoms with Crippen LogP contribution < -0.4 is 0 Å². The van der Waals surface area contributed by atoms with E-state index in [1.54, 1.807) is 0 Å². The summed E-state index contributed by atoms with van der Waals surface area (Å²) in [5.74, 6) is 0. The maximum Gasteiger partial charge on any atom is -0.0295 e. The maximum atomic E-state index is 2.55. The van der Waals surface area contributed by atoms with Gasteiger partial charge in [-0.05, 0) is 24.7 Å². The van der Waals surface area contributed by atoms with E-state index < -0.39 is 0 Å². The molecule has 1 radical (unpaired) electrons. The molecule has 1 aliphatic carbocycles. The highest BCUT2D eigenvalue weighted by atomic mass is 14.3. The summed E-state index contributed by atoms with van der Waals surface area (Å²) in [5, 5.41) is 0. The van der Waals surface area contributed by atoms with Gasteiger partial charge in [0.25, 0.3) is 0 Å². The maximum absolute atomic E-state index is 2.55. The summed E-state index contributed by atoms with van der Waals surface area (Å²) in [5.41, 5.74) is 0.569. The van der Waals surface area contributed by atoms with E-state index in [0.29, 0.717) is 5.41 Å². The Balaban J connectivity index is 2.39. The summed E-state index contributed by atoms with van der Waals surface area (Å²) >= 11 is 0. The zero-order valence-corrected chi connectivity index (χ0v) is 9.44. The third-order valence-corrected chi connectivity index (χ3v) is 3.44. The van der Waals surface area contributed by atoms with E-state index >= 15 is 0 Å². The van der Waals surface area contributed by atoms with E-state index in [4.69, 9.17) is 0 Å². The van der Waals surface area contributed by atoms with Crippen LogP contribution in [0.1, 0.15) is 71.6 Å². The first-order chi connectivity index (χ1) is 6.27. The molecule has 1 rings (SSSR count). The van der Waals surface area contributed by atoms with E-state index in [2.05, 4.69) is 20.3 Å². The molecular weight excluding hydrogens is 156 g/mol. The van der Waals surface area contributed by atoms with Crippen molar-refractivity contribution in [2.24, 2.45) is 5.41 Å². The summed E-state index contributed by atoms with van der Waals surface area (Å²) in [6.45, 7) is 4.74. The van der Waals surface area contributed by atoms with Crippen LogP contribution in [0.15, 0.2) is 0 Å². The fourth-order valence-electron chi connectivity index (χ4n) is 2.59. The summed E-state index contributed by atoms with van der Waals surface area (Å²) in [6.07, 6.45) is 15.4. The lowest BCUT2D eigenvalue weighted by Gasteiger charge is -2.28. The molecule has 0 saturated heterocycles. The molecule has 0 bridgehead atoms. The second kappa shape index (κ2) is 5.67. The fraction of sp³-hybridized carbons (Fsp3) is 0.923. The average molecular weight is 181 g/mol. The lowest BCUT2D eigenvalue weighted by Crippen LogP contribution is -2.16. The number of hydrogen-bond donors (Lipinski definition) is 0. The molecule has 0 aromatic heterocycles. The Kier molecular flexibility index (Phi) is 4.83. The van der Waals surface area contributed by atoms with Gasteiger partial charge < -0.3 is 0 Å². The molecule has 0 heterocycles. The van der Waals surface area contributed by atoms with E-state index in [1.807, 2.05) is 0 Å². The molecule has 77 valence electrons. The SMILES string of the molecule is CC[CH]C1(C)CCCCCCCC1. The highest BCUT2D eigenvalue weighted by molar-refractivity contribution is 4.88. The van der Waals surface area contributed by atoms with Gasteiger partial charge in [0, 0.05) is 0 Å². The topological polar surface area (TPSA) is 0 Å². The van der Waals surface area contributed by atoms with Gasteiger partial charge in [0.05, 0.1) is 0 Å². The standard InChI is InChI=1S/C13H25/c1-3-10-13(2)11-8-6-4-5-7-9-12-13/h10H,3-9,11-12H2,1-2H3. The van der Waals surface area contributed by atoms with Crippen LogP contribution in [0, 0.1) is 11.8 Å². The molecule has 0 aliphatic heterocycles. The van der Waals surface area contributed by atoms with Crippen LogP contribution in [0.3, 0.4) is 0 Å².